The fourth-order valence-corrected chi connectivity index (χ4v) is 8.14. The summed E-state index contributed by atoms with van der Waals surface area (Å²) in [7, 11) is 0. The van der Waals surface area contributed by atoms with Gasteiger partial charge in [0.25, 0.3) is 0 Å². The lowest BCUT2D eigenvalue weighted by Gasteiger charge is -2.15. The van der Waals surface area contributed by atoms with E-state index in [1.807, 2.05) is 18.2 Å². The molecule has 0 unspecified atom stereocenters. The molecule has 246 valence electrons. The molecule has 4 heteroatoms. The van der Waals surface area contributed by atoms with E-state index in [9.17, 15) is 0 Å². The highest BCUT2D eigenvalue weighted by Crippen LogP contribution is 2.40. The van der Waals surface area contributed by atoms with E-state index in [-0.39, 0.29) is 0 Å². The molecular weight excluding hydrogens is 645 g/mol. The van der Waals surface area contributed by atoms with Gasteiger partial charge < -0.3 is 4.57 Å². The predicted molar refractivity (Wildman–Crippen MR) is 220 cm³/mol. The number of rotatable bonds is 4. The Morgan fingerprint density at radius 1 is 0.321 bits per heavy atom. The molecule has 0 aliphatic carbocycles. The maximum absolute atomic E-state index is 5.29. The molecule has 4 nitrogen and oxygen atoms in total. The molecule has 0 spiro atoms. The second-order valence-electron chi connectivity index (χ2n) is 13.6. The van der Waals surface area contributed by atoms with E-state index >= 15 is 0 Å². The van der Waals surface area contributed by atoms with E-state index in [0.717, 1.165) is 27.9 Å². The van der Waals surface area contributed by atoms with E-state index in [4.69, 9.17) is 15.0 Å². The van der Waals surface area contributed by atoms with Crippen molar-refractivity contribution in [2.75, 3.05) is 0 Å². The molecule has 0 aliphatic rings. The molecule has 9 aromatic carbocycles. The van der Waals surface area contributed by atoms with E-state index in [0.29, 0.717) is 17.5 Å². The molecule has 0 N–H and O–H groups in total. The number of hydrogen-bond acceptors (Lipinski definition) is 3. The average Bonchev–Trinajstić information content (AvgIpc) is 3.58. The summed E-state index contributed by atoms with van der Waals surface area (Å²) in [5.41, 5.74) is 6.14. The van der Waals surface area contributed by atoms with Crippen LogP contribution in [0, 0.1) is 0 Å². The van der Waals surface area contributed by atoms with Crippen LogP contribution in [-0.2, 0) is 0 Å². The lowest BCUT2D eigenvalue weighted by atomic mass is 9.96. The van der Waals surface area contributed by atoms with Crippen LogP contribution in [0.5, 0.6) is 0 Å². The van der Waals surface area contributed by atoms with Gasteiger partial charge in [0.05, 0.1) is 16.7 Å². The first-order chi connectivity index (χ1) is 26.3. The number of hydrogen-bond donors (Lipinski definition) is 0. The summed E-state index contributed by atoms with van der Waals surface area (Å²) in [5.74, 6) is 1.90. The SMILES string of the molecule is c1ccc(-c2nc(-c3ccc4ccc5c6ccccc6ccc5c4c3)nc(-c3ccccc3-n3c4ccccc4c4ccc5ccccc5c43)n2)cc1. The van der Waals surface area contributed by atoms with Gasteiger partial charge in [-0.05, 0) is 62.0 Å². The van der Waals surface area contributed by atoms with Crippen LogP contribution in [0.4, 0.5) is 0 Å². The maximum atomic E-state index is 5.29. The standard InChI is InChI=1S/C49H30N4/c1-2-14-34(15-3-1)47-50-48(35-23-22-33-25-27-38-36-16-6-4-12-31(36)24-28-39(38)43(33)30-35)52-49(51-47)42-19-9-11-21-45(42)53-44-20-10-8-18-40(44)41-29-26-32-13-5-7-17-37(32)46(41)53/h1-30H. The van der Waals surface area contributed by atoms with Gasteiger partial charge in [-0.25, -0.2) is 15.0 Å². The summed E-state index contributed by atoms with van der Waals surface area (Å²) < 4.78 is 2.39. The Kier molecular flexibility index (Phi) is 6.52. The predicted octanol–water partition coefficient (Wildman–Crippen LogP) is 12.6. The highest BCUT2D eigenvalue weighted by Gasteiger charge is 2.20. The van der Waals surface area contributed by atoms with Gasteiger partial charge in [0.1, 0.15) is 0 Å². The lowest BCUT2D eigenvalue weighted by Crippen LogP contribution is -2.03. The fourth-order valence-electron chi connectivity index (χ4n) is 8.14. The monoisotopic (exact) mass is 674 g/mol. The Hall–Kier alpha value is -7.17. The molecule has 0 amide bonds. The number of aromatic nitrogens is 4. The minimum atomic E-state index is 0.625. The van der Waals surface area contributed by atoms with Gasteiger partial charge >= 0.3 is 0 Å². The first-order valence-corrected chi connectivity index (χ1v) is 18.0. The molecule has 0 bridgehead atoms. The van der Waals surface area contributed by atoms with Gasteiger partial charge in [0, 0.05) is 32.8 Å². The Morgan fingerprint density at radius 3 is 1.68 bits per heavy atom. The van der Waals surface area contributed by atoms with Crippen molar-refractivity contribution >= 4 is 64.9 Å². The van der Waals surface area contributed by atoms with Crippen molar-refractivity contribution in [1.29, 1.82) is 0 Å². The van der Waals surface area contributed by atoms with Crippen molar-refractivity contribution in [3.05, 3.63) is 182 Å². The van der Waals surface area contributed by atoms with E-state index < -0.39 is 0 Å². The van der Waals surface area contributed by atoms with Crippen LogP contribution in [0.2, 0.25) is 0 Å². The van der Waals surface area contributed by atoms with Crippen molar-refractivity contribution in [2.45, 2.75) is 0 Å². The summed E-state index contributed by atoms with van der Waals surface area (Å²) in [6.07, 6.45) is 0. The van der Waals surface area contributed by atoms with Gasteiger partial charge in [0.2, 0.25) is 0 Å². The third kappa shape index (κ3) is 4.66. The zero-order valence-electron chi connectivity index (χ0n) is 28.6. The van der Waals surface area contributed by atoms with Gasteiger partial charge in [-0.2, -0.15) is 0 Å². The number of benzene rings is 9. The van der Waals surface area contributed by atoms with Crippen LogP contribution in [0.25, 0.3) is 105 Å². The largest absolute Gasteiger partial charge is 0.308 e. The molecule has 0 radical (unpaired) electrons. The van der Waals surface area contributed by atoms with E-state index in [2.05, 4.69) is 168 Å². The van der Waals surface area contributed by atoms with Gasteiger partial charge in [-0.3, -0.25) is 0 Å². The first-order valence-electron chi connectivity index (χ1n) is 18.0. The van der Waals surface area contributed by atoms with E-state index in [1.54, 1.807) is 0 Å². The van der Waals surface area contributed by atoms with Crippen molar-refractivity contribution in [2.24, 2.45) is 0 Å². The van der Waals surface area contributed by atoms with Crippen molar-refractivity contribution in [3.8, 4) is 39.9 Å². The van der Waals surface area contributed by atoms with Gasteiger partial charge in [-0.1, -0.05) is 158 Å². The highest BCUT2D eigenvalue weighted by atomic mass is 15.1. The molecule has 11 rings (SSSR count). The summed E-state index contributed by atoms with van der Waals surface area (Å²) in [5, 5.41) is 12.1. The van der Waals surface area contributed by atoms with Crippen LogP contribution in [0.3, 0.4) is 0 Å². The number of fused-ring (bicyclic) bond motifs is 10. The Bertz CT molecular complexity index is 3230. The minimum absolute atomic E-state index is 0.625. The van der Waals surface area contributed by atoms with Crippen LogP contribution >= 0.6 is 0 Å². The topological polar surface area (TPSA) is 43.6 Å². The van der Waals surface area contributed by atoms with Gasteiger partial charge in [0.15, 0.2) is 17.5 Å². The summed E-state index contributed by atoms with van der Waals surface area (Å²) in [6.45, 7) is 0. The second-order valence-corrected chi connectivity index (χ2v) is 13.6. The third-order valence-electron chi connectivity index (χ3n) is 10.6. The summed E-state index contributed by atoms with van der Waals surface area (Å²) in [4.78, 5) is 15.6. The van der Waals surface area contributed by atoms with Crippen LogP contribution in [0.1, 0.15) is 0 Å². The molecule has 2 heterocycles. The average molecular weight is 675 g/mol. The van der Waals surface area contributed by atoms with Crippen molar-refractivity contribution in [3.63, 3.8) is 0 Å². The van der Waals surface area contributed by atoms with Crippen molar-refractivity contribution in [1.82, 2.24) is 19.5 Å². The van der Waals surface area contributed by atoms with Crippen LogP contribution < -0.4 is 0 Å². The first kappa shape index (κ1) is 29.5. The van der Waals surface area contributed by atoms with Gasteiger partial charge in [-0.15, -0.1) is 0 Å². The number of nitrogens with zero attached hydrogens (tertiary/aromatic N) is 4. The Labute approximate surface area is 305 Å². The fraction of sp³-hybridized carbons (Fsp3) is 0. The summed E-state index contributed by atoms with van der Waals surface area (Å²) in [6, 6.07) is 64.5. The zero-order chi connectivity index (χ0) is 34.9. The maximum Gasteiger partial charge on any atom is 0.166 e. The Morgan fingerprint density at radius 2 is 0.868 bits per heavy atom. The minimum Gasteiger partial charge on any atom is -0.308 e. The van der Waals surface area contributed by atoms with Crippen LogP contribution in [0.15, 0.2) is 182 Å². The quantitative estimate of drug-likeness (QED) is 0.175. The molecule has 0 saturated carbocycles. The highest BCUT2D eigenvalue weighted by molar-refractivity contribution is 6.19. The van der Waals surface area contributed by atoms with E-state index in [1.165, 1.54) is 59.4 Å². The molecular formula is C49H30N4. The second kappa shape index (κ2) is 11.7. The smallest absolute Gasteiger partial charge is 0.166 e. The molecule has 53 heavy (non-hydrogen) atoms. The molecule has 2 aromatic heterocycles. The van der Waals surface area contributed by atoms with Crippen LogP contribution in [-0.4, -0.2) is 19.5 Å². The lowest BCUT2D eigenvalue weighted by molar-refractivity contribution is 1.07. The molecule has 0 saturated heterocycles. The molecule has 0 fully saturated rings. The third-order valence-corrected chi connectivity index (χ3v) is 10.6. The molecule has 0 atom stereocenters. The van der Waals surface area contributed by atoms with Crippen molar-refractivity contribution < 1.29 is 0 Å². The number of para-hydroxylation sites is 2. The normalized spacial score (nSPS) is 11.8. The summed E-state index contributed by atoms with van der Waals surface area (Å²) >= 11 is 0. The Balaban J connectivity index is 1.18. The molecule has 11 aromatic rings. The zero-order valence-corrected chi connectivity index (χ0v) is 28.6. The molecule has 0 aliphatic heterocycles.